The minimum atomic E-state index is -0.305. The maximum Gasteiger partial charge on any atom is 0.323 e. The van der Waals surface area contributed by atoms with Gasteiger partial charge in [0.2, 0.25) is 0 Å². The number of carbonyl (C=O) groups is 1. The van der Waals surface area contributed by atoms with E-state index < -0.39 is 0 Å². The Morgan fingerprint density at radius 2 is 1.59 bits per heavy atom. The monoisotopic (exact) mass is 523 g/mol. The molecule has 2 amide bonds. The van der Waals surface area contributed by atoms with E-state index in [1.54, 1.807) is 6.07 Å². The molecule has 1 aromatic heterocycles. The van der Waals surface area contributed by atoms with Crippen LogP contribution < -0.4 is 10.2 Å². The summed E-state index contributed by atoms with van der Waals surface area (Å²) in [6, 6.07) is 14.9. The molecule has 2 fully saturated rings. The number of hydrogen-bond donors (Lipinski definition) is 1. The second kappa shape index (κ2) is 10.4. The number of anilines is 1. The molecule has 2 aromatic carbocycles. The average molecular weight is 524 g/mol. The number of nitrogens with one attached hydrogen (secondary N) is 1. The first-order valence-corrected chi connectivity index (χ1v) is 13.3. The third-order valence-electron chi connectivity index (χ3n) is 7.25. The minimum Gasteiger partial charge on any atom is -0.335 e. The van der Waals surface area contributed by atoms with Crippen LogP contribution in [0.15, 0.2) is 53.0 Å². The summed E-state index contributed by atoms with van der Waals surface area (Å²) in [4.78, 5) is 20.8. The number of rotatable bonds is 4. The lowest BCUT2D eigenvalue weighted by Gasteiger charge is -2.36. The van der Waals surface area contributed by atoms with Gasteiger partial charge in [0.1, 0.15) is 11.6 Å². The molecule has 3 aromatic rings. The van der Waals surface area contributed by atoms with Crippen LogP contribution in [0, 0.1) is 5.82 Å². The third kappa shape index (κ3) is 4.83. The summed E-state index contributed by atoms with van der Waals surface area (Å²) < 4.78 is 15.1. The molecule has 1 heterocycles. The van der Waals surface area contributed by atoms with Gasteiger partial charge in [-0.15, -0.1) is 0 Å². The highest BCUT2D eigenvalue weighted by atomic mass is 79.9. The van der Waals surface area contributed by atoms with Gasteiger partial charge in [0.05, 0.1) is 10.2 Å². The maximum absolute atomic E-state index is 14.4. The van der Waals surface area contributed by atoms with Gasteiger partial charge in [0, 0.05) is 28.4 Å². The van der Waals surface area contributed by atoms with Gasteiger partial charge in [0.15, 0.2) is 0 Å². The molecule has 0 aliphatic heterocycles. The predicted octanol–water partition coefficient (Wildman–Crippen LogP) is 7.98. The van der Waals surface area contributed by atoms with Crippen molar-refractivity contribution in [3.63, 3.8) is 0 Å². The molecule has 6 heteroatoms. The van der Waals surface area contributed by atoms with E-state index in [9.17, 15) is 9.18 Å². The van der Waals surface area contributed by atoms with E-state index in [1.807, 2.05) is 35.2 Å². The lowest BCUT2D eigenvalue weighted by Crippen LogP contribution is -2.51. The smallest absolute Gasteiger partial charge is 0.323 e. The van der Waals surface area contributed by atoms with E-state index >= 15 is 0 Å². The number of aromatic nitrogens is 1. The maximum atomic E-state index is 14.4. The fourth-order valence-corrected chi connectivity index (χ4v) is 6.12. The van der Waals surface area contributed by atoms with Crippen molar-refractivity contribution in [2.45, 2.75) is 76.3 Å². The Labute approximate surface area is 209 Å². The molecule has 0 unspecified atom stereocenters. The minimum absolute atomic E-state index is 0.0711. The van der Waals surface area contributed by atoms with Crippen LogP contribution in [0.1, 0.15) is 64.2 Å². The van der Waals surface area contributed by atoms with Gasteiger partial charge in [-0.3, -0.25) is 4.90 Å². The van der Waals surface area contributed by atoms with Crippen LogP contribution in [0.3, 0.4) is 0 Å². The number of fused-ring (bicyclic) bond motifs is 1. The van der Waals surface area contributed by atoms with Crippen molar-refractivity contribution in [1.82, 2.24) is 10.3 Å². The highest BCUT2D eigenvalue weighted by Gasteiger charge is 2.32. The van der Waals surface area contributed by atoms with Crippen molar-refractivity contribution in [1.29, 1.82) is 0 Å². The number of benzene rings is 2. The van der Waals surface area contributed by atoms with E-state index in [2.05, 4.69) is 21.2 Å². The summed E-state index contributed by atoms with van der Waals surface area (Å²) in [5, 5.41) is 4.85. The van der Waals surface area contributed by atoms with Gasteiger partial charge in [0.25, 0.3) is 0 Å². The molecule has 0 spiro atoms. The van der Waals surface area contributed by atoms with Crippen molar-refractivity contribution in [3.8, 4) is 11.3 Å². The highest BCUT2D eigenvalue weighted by molar-refractivity contribution is 9.10. The first-order valence-electron chi connectivity index (χ1n) is 12.6. The Morgan fingerprint density at radius 1 is 0.912 bits per heavy atom. The number of amides is 2. The van der Waals surface area contributed by atoms with E-state index in [-0.39, 0.29) is 23.9 Å². The molecule has 4 nitrogen and oxygen atoms in total. The van der Waals surface area contributed by atoms with Crippen LogP contribution in [0.5, 0.6) is 0 Å². The zero-order valence-electron chi connectivity index (χ0n) is 19.4. The molecule has 0 saturated heterocycles. The number of halogens is 2. The Morgan fingerprint density at radius 3 is 2.29 bits per heavy atom. The van der Waals surface area contributed by atoms with Crippen LogP contribution in [0.2, 0.25) is 0 Å². The largest absolute Gasteiger partial charge is 0.335 e. The SMILES string of the molecule is O=C(NC1CCCCC1)N(c1nc(-c2ccccc2)c(Br)c2cc(F)ccc12)C1CCCCC1. The molecule has 2 saturated carbocycles. The highest BCUT2D eigenvalue weighted by Crippen LogP contribution is 2.40. The van der Waals surface area contributed by atoms with Gasteiger partial charge < -0.3 is 5.32 Å². The Balaban J connectivity index is 1.65. The predicted molar refractivity (Wildman–Crippen MR) is 140 cm³/mol. The zero-order valence-corrected chi connectivity index (χ0v) is 21.0. The van der Waals surface area contributed by atoms with Crippen molar-refractivity contribution < 1.29 is 9.18 Å². The summed E-state index contributed by atoms with van der Waals surface area (Å²) in [7, 11) is 0. The van der Waals surface area contributed by atoms with Crippen LogP contribution in [0.4, 0.5) is 15.0 Å². The second-order valence-corrected chi connectivity index (χ2v) is 10.4. The molecular formula is C28H31BrFN3O. The zero-order chi connectivity index (χ0) is 23.5. The number of carbonyl (C=O) groups excluding carboxylic acids is 1. The van der Waals surface area contributed by atoms with Crippen molar-refractivity contribution in [2.75, 3.05) is 4.90 Å². The Hall–Kier alpha value is -2.47. The first-order chi connectivity index (χ1) is 16.6. The quantitative estimate of drug-likeness (QED) is 0.376. The van der Waals surface area contributed by atoms with Gasteiger partial charge in [-0.25, -0.2) is 14.2 Å². The van der Waals surface area contributed by atoms with Crippen molar-refractivity contribution >= 4 is 38.6 Å². The lowest BCUT2D eigenvalue weighted by molar-refractivity contribution is 0.233. The van der Waals surface area contributed by atoms with E-state index in [4.69, 9.17) is 4.98 Å². The Kier molecular flexibility index (Phi) is 7.14. The van der Waals surface area contributed by atoms with Gasteiger partial charge in [-0.2, -0.15) is 0 Å². The van der Waals surface area contributed by atoms with Crippen LogP contribution in [-0.2, 0) is 0 Å². The molecule has 1 N–H and O–H groups in total. The molecule has 0 radical (unpaired) electrons. The fourth-order valence-electron chi connectivity index (χ4n) is 5.47. The number of pyridine rings is 1. The van der Waals surface area contributed by atoms with Crippen LogP contribution in [0.25, 0.3) is 22.0 Å². The number of nitrogens with zero attached hydrogens (tertiary/aromatic N) is 2. The number of urea groups is 1. The van der Waals surface area contributed by atoms with Gasteiger partial charge in [-0.1, -0.05) is 68.9 Å². The molecule has 34 heavy (non-hydrogen) atoms. The molecule has 0 bridgehead atoms. The standard InChI is InChI=1S/C28H31BrFN3O/c29-25-24-18-20(30)16-17-23(24)27(32-26(25)19-10-4-1-5-11-19)33(22-14-8-3-9-15-22)28(34)31-21-12-6-2-7-13-21/h1,4-5,10-11,16-18,21-22H,2-3,6-9,12-15H2,(H,31,34). The average Bonchev–Trinajstić information content (AvgIpc) is 2.87. The summed E-state index contributed by atoms with van der Waals surface area (Å²) in [6.07, 6.45) is 10.9. The topological polar surface area (TPSA) is 45.2 Å². The first kappa shape index (κ1) is 23.3. The van der Waals surface area contributed by atoms with Crippen LogP contribution in [-0.4, -0.2) is 23.1 Å². The Bertz CT molecular complexity index is 1160. The molecule has 5 rings (SSSR count). The lowest BCUT2D eigenvalue weighted by atomic mass is 9.93. The van der Waals surface area contributed by atoms with Gasteiger partial charge >= 0.3 is 6.03 Å². The van der Waals surface area contributed by atoms with Crippen molar-refractivity contribution in [2.24, 2.45) is 0 Å². The molecule has 178 valence electrons. The van der Waals surface area contributed by atoms with Crippen LogP contribution >= 0.6 is 15.9 Å². The van der Waals surface area contributed by atoms with Crippen molar-refractivity contribution in [3.05, 3.63) is 58.8 Å². The fraction of sp³-hybridized carbons (Fsp3) is 0.429. The van der Waals surface area contributed by atoms with Gasteiger partial charge in [-0.05, 0) is 59.8 Å². The summed E-state index contributed by atoms with van der Waals surface area (Å²) >= 11 is 3.70. The molecular weight excluding hydrogens is 493 g/mol. The summed E-state index contributed by atoms with van der Waals surface area (Å²) in [5.41, 5.74) is 1.65. The van der Waals surface area contributed by atoms with E-state index in [1.165, 1.54) is 25.0 Å². The molecule has 0 atom stereocenters. The molecule has 2 aliphatic rings. The van der Waals surface area contributed by atoms with E-state index in [0.717, 1.165) is 77.9 Å². The van der Waals surface area contributed by atoms with E-state index in [0.29, 0.717) is 5.82 Å². The normalized spacial score (nSPS) is 17.6. The second-order valence-electron chi connectivity index (χ2n) is 9.60. The number of hydrogen-bond acceptors (Lipinski definition) is 2. The third-order valence-corrected chi connectivity index (χ3v) is 8.05. The summed E-state index contributed by atoms with van der Waals surface area (Å²) in [6.45, 7) is 0. The molecule has 2 aliphatic carbocycles. The summed E-state index contributed by atoms with van der Waals surface area (Å²) in [5.74, 6) is 0.317.